The molecule has 2 aliphatic rings. The number of ether oxygens (including phenoxy) is 2. The van der Waals surface area contributed by atoms with Crippen molar-refractivity contribution in [2.24, 2.45) is 0 Å². The minimum atomic E-state index is 0.0980. The molecule has 0 bridgehead atoms. The highest BCUT2D eigenvalue weighted by Gasteiger charge is 2.40. The van der Waals surface area contributed by atoms with Gasteiger partial charge in [0.2, 0.25) is 0 Å². The Bertz CT molecular complexity index is 1120. The molecule has 4 aromatic rings. The molecule has 0 fully saturated rings. The highest BCUT2D eigenvalue weighted by Crippen LogP contribution is 2.37. The topological polar surface area (TPSA) is 44.2 Å². The summed E-state index contributed by atoms with van der Waals surface area (Å²) < 4.78 is 12.5. The number of fused-ring (bicyclic) bond motifs is 4. The summed E-state index contributed by atoms with van der Waals surface area (Å²) in [5.41, 5.74) is 5.11. The average molecular weight is 348 g/mol. The Morgan fingerprint density at radius 3 is 1.93 bits per heavy atom. The third kappa shape index (κ3) is 2.12. The van der Waals surface area contributed by atoms with Crippen LogP contribution >= 0.6 is 0 Å². The van der Waals surface area contributed by atoms with Crippen LogP contribution in [0.5, 0.6) is 23.0 Å². The predicted molar refractivity (Wildman–Crippen MR) is 105 cm³/mol. The van der Waals surface area contributed by atoms with Crippen molar-refractivity contribution in [2.75, 3.05) is 0 Å². The quantitative estimate of drug-likeness (QED) is 0.429. The fraction of sp³-hybridized carbons (Fsp3) is 0. The molecular weight excluding hydrogens is 335 g/mol. The zero-order valence-corrected chi connectivity index (χ0v) is 14.3. The fourth-order valence-corrected chi connectivity index (χ4v) is 3.99. The summed E-state index contributed by atoms with van der Waals surface area (Å²) in [4.78, 5) is 8.61. The van der Waals surface area contributed by atoms with Crippen LogP contribution in [0.4, 0.5) is 0 Å². The second kappa shape index (κ2) is 5.45. The smallest absolute Gasteiger partial charge is 0.260 e. The van der Waals surface area contributed by atoms with E-state index >= 15 is 0 Å². The monoisotopic (exact) mass is 348 g/mol. The van der Waals surface area contributed by atoms with Gasteiger partial charge in [-0.15, -0.1) is 0 Å². The molecule has 6 rings (SSSR count). The predicted octanol–water partition coefficient (Wildman–Crippen LogP) is 2.87. The molecule has 27 heavy (non-hydrogen) atoms. The van der Waals surface area contributed by atoms with Gasteiger partial charge in [-0.1, -0.05) is 36.4 Å². The molecule has 5 heteroatoms. The minimum Gasteiger partial charge on any atom is -0.458 e. The van der Waals surface area contributed by atoms with E-state index in [1.165, 1.54) is 0 Å². The maximum atomic E-state index is 6.27. The summed E-state index contributed by atoms with van der Waals surface area (Å²) in [6.45, 7) is 0.0980. The van der Waals surface area contributed by atoms with Crippen LogP contribution in [0.25, 0.3) is 11.3 Å². The van der Waals surface area contributed by atoms with Crippen molar-refractivity contribution >= 4 is 23.1 Å². The van der Waals surface area contributed by atoms with Crippen LogP contribution in [0.3, 0.4) is 0 Å². The Morgan fingerprint density at radius 2 is 1.33 bits per heavy atom. The highest BCUT2D eigenvalue weighted by atomic mass is 16.5. The lowest BCUT2D eigenvalue weighted by molar-refractivity contribution is 0.465. The van der Waals surface area contributed by atoms with Crippen LogP contribution in [0.1, 0.15) is 0 Å². The van der Waals surface area contributed by atoms with Crippen molar-refractivity contribution in [2.45, 2.75) is 0 Å². The van der Waals surface area contributed by atoms with Crippen LogP contribution < -0.4 is 25.9 Å². The summed E-state index contributed by atoms with van der Waals surface area (Å²) in [6, 6.07) is 20.5. The molecule has 0 N–H and O–H groups in total. The van der Waals surface area contributed by atoms with Crippen LogP contribution in [0.2, 0.25) is 0 Å². The van der Waals surface area contributed by atoms with E-state index in [-0.39, 0.29) is 6.71 Å². The van der Waals surface area contributed by atoms with Crippen molar-refractivity contribution in [3.63, 3.8) is 0 Å². The third-order valence-corrected chi connectivity index (χ3v) is 5.15. The second-order valence-corrected chi connectivity index (χ2v) is 6.69. The molecule has 0 amide bonds. The zero-order valence-electron chi connectivity index (χ0n) is 14.3. The Hall–Kier alpha value is -3.60. The third-order valence-electron chi connectivity index (χ3n) is 5.15. The van der Waals surface area contributed by atoms with E-state index in [0.717, 1.165) is 50.6 Å². The van der Waals surface area contributed by atoms with Gasteiger partial charge in [-0.3, -0.25) is 9.97 Å². The first-order valence-electron chi connectivity index (χ1n) is 8.86. The lowest BCUT2D eigenvalue weighted by Gasteiger charge is -2.33. The molecule has 0 radical (unpaired) electrons. The van der Waals surface area contributed by atoms with E-state index in [1.54, 1.807) is 18.6 Å². The fourth-order valence-electron chi connectivity index (χ4n) is 3.99. The van der Waals surface area contributed by atoms with Gasteiger partial charge in [-0.2, -0.15) is 0 Å². The van der Waals surface area contributed by atoms with Gasteiger partial charge in [-0.25, -0.2) is 0 Å². The van der Waals surface area contributed by atoms with E-state index in [1.807, 2.05) is 36.4 Å². The highest BCUT2D eigenvalue weighted by molar-refractivity contribution is 6.98. The SMILES string of the molecule is c1ccc2c(c1)Oc1cc(-c3cnccn3)cc3c1B2c1ccccc1O3. The summed E-state index contributed by atoms with van der Waals surface area (Å²) in [5, 5.41) is 0. The van der Waals surface area contributed by atoms with Crippen molar-refractivity contribution in [1.82, 2.24) is 9.97 Å². The Labute approximate surface area is 156 Å². The molecule has 3 heterocycles. The summed E-state index contributed by atoms with van der Waals surface area (Å²) in [6.07, 6.45) is 5.11. The van der Waals surface area contributed by atoms with Gasteiger partial charge in [0.15, 0.2) is 0 Å². The summed E-state index contributed by atoms with van der Waals surface area (Å²) >= 11 is 0. The van der Waals surface area contributed by atoms with Crippen LogP contribution in [0, 0.1) is 0 Å². The van der Waals surface area contributed by atoms with Gasteiger partial charge in [0.25, 0.3) is 6.71 Å². The number of hydrogen-bond donors (Lipinski definition) is 0. The molecule has 0 spiro atoms. The van der Waals surface area contributed by atoms with Crippen LogP contribution in [0.15, 0.2) is 79.3 Å². The molecule has 0 atom stereocenters. The molecule has 0 aliphatic carbocycles. The van der Waals surface area contributed by atoms with Crippen LogP contribution in [-0.2, 0) is 0 Å². The van der Waals surface area contributed by atoms with Gasteiger partial charge in [0.05, 0.1) is 11.9 Å². The number of rotatable bonds is 1. The van der Waals surface area contributed by atoms with Crippen molar-refractivity contribution in [3.05, 3.63) is 79.3 Å². The summed E-state index contributed by atoms with van der Waals surface area (Å²) in [7, 11) is 0. The Balaban J connectivity index is 1.64. The number of nitrogens with zero attached hydrogens (tertiary/aromatic N) is 2. The first-order valence-corrected chi connectivity index (χ1v) is 8.86. The molecule has 3 aromatic carbocycles. The maximum absolute atomic E-state index is 6.27. The number of para-hydroxylation sites is 2. The Kier molecular flexibility index (Phi) is 2.94. The molecule has 4 nitrogen and oxygen atoms in total. The van der Waals surface area contributed by atoms with Crippen molar-refractivity contribution in [3.8, 4) is 34.3 Å². The molecule has 0 saturated carbocycles. The van der Waals surface area contributed by atoms with Gasteiger partial charge >= 0.3 is 0 Å². The molecule has 1 aromatic heterocycles. The first-order chi connectivity index (χ1) is 13.4. The van der Waals surface area contributed by atoms with Gasteiger partial charge in [0.1, 0.15) is 23.0 Å². The number of benzene rings is 3. The standard InChI is InChI=1S/C22H13BN2O2/c1-3-7-18-15(5-1)23-16-6-2-4-8-19(16)27-21-12-14(11-20(26-18)22(21)23)17-13-24-9-10-25-17/h1-13H. The van der Waals surface area contributed by atoms with E-state index in [9.17, 15) is 0 Å². The molecular formula is C22H13BN2O2. The Morgan fingerprint density at radius 1 is 0.704 bits per heavy atom. The van der Waals surface area contributed by atoms with Crippen molar-refractivity contribution < 1.29 is 9.47 Å². The van der Waals surface area contributed by atoms with Crippen molar-refractivity contribution in [1.29, 1.82) is 0 Å². The second-order valence-electron chi connectivity index (χ2n) is 6.69. The summed E-state index contributed by atoms with van der Waals surface area (Å²) in [5.74, 6) is 3.39. The van der Waals surface area contributed by atoms with E-state index in [2.05, 4.69) is 34.2 Å². The number of aromatic nitrogens is 2. The normalized spacial score (nSPS) is 13.0. The zero-order chi connectivity index (χ0) is 17.8. The van der Waals surface area contributed by atoms with E-state index in [0.29, 0.717) is 0 Å². The molecule has 126 valence electrons. The minimum absolute atomic E-state index is 0.0980. The largest absolute Gasteiger partial charge is 0.458 e. The van der Waals surface area contributed by atoms with E-state index < -0.39 is 0 Å². The molecule has 0 unspecified atom stereocenters. The molecule has 2 aliphatic heterocycles. The van der Waals surface area contributed by atoms with Gasteiger partial charge < -0.3 is 9.47 Å². The first kappa shape index (κ1) is 14.6. The average Bonchev–Trinajstić information content (AvgIpc) is 2.74. The van der Waals surface area contributed by atoms with Gasteiger partial charge in [0, 0.05) is 23.4 Å². The van der Waals surface area contributed by atoms with Gasteiger partial charge in [-0.05, 0) is 35.2 Å². The lowest BCUT2D eigenvalue weighted by atomic mass is 9.35. The number of hydrogen-bond acceptors (Lipinski definition) is 4. The lowest BCUT2D eigenvalue weighted by Crippen LogP contribution is -2.57. The molecule has 0 saturated heterocycles. The van der Waals surface area contributed by atoms with Crippen LogP contribution in [-0.4, -0.2) is 16.7 Å². The maximum Gasteiger partial charge on any atom is 0.260 e. The van der Waals surface area contributed by atoms with E-state index in [4.69, 9.17) is 9.47 Å².